The lowest BCUT2D eigenvalue weighted by Crippen LogP contribution is -2.09. The van der Waals surface area contributed by atoms with Crippen LogP contribution in [0.4, 0.5) is 0 Å². The highest BCUT2D eigenvalue weighted by molar-refractivity contribution is 5.76. The third kappa shape index (κ3) is 4.78. The number of aldehydes is 1. The first-order valence-electron chi connectivity index (χ1n) is 6.37. The Kier molecular flexibility index (Phi) is 5.69. The van der Waals surface area contributed by atoms with Crippen LogP contribution in [0.2, 0.25) is 0 Å². The van der Waals surface area contributed by atoms with Gasteiger partial charge in [-0.05, 0) is 30.0 Å². The van der Waals surface area contributed by atoms with Crippen LogP contribution in [0.5, 0.6) is 11.5 Å². The summed E-state index contributed by atoms with van der Waals surface area (Å²) < 4.78 is 11.4. The van der Waals surface area contributed by atoms with Crippen molar-refractivity contribution in [3.05, 3.63) is 23.8 Å². The van der Waals surface area contributed by atoms with Crippen LogP contribution >= 0.6 is 0 Å². The van der Waals surface area contributed by atoms with Crippen molar-refractivity contribution in [1.29, 1.82) is 0 Å². The Balaban J connectivity index is 2.82. The summed E-state index contributed by atoms with van der Waals surface area (Å²) in [7, 11) is 0. The molecular formula is C15H22O3. The van der Waals surface area contributed by atoms with E-state index < -0.39 is 0 Å². The molecule has 0 aromatic heterocycles. The molecule has 0 atom stereocenters. The van der Waals surface area contributed by atoms with Gasteiger partial charge in [0.05, 0.1) is 13.2 Å². The third-order valence-corrected chi connectivity index (χ3v) is 2.25. The summed E-state index contributed by atoms with van der Waals surface area (Å²) in [5.41, 5.74) is 0.602. The van der Waals surface area contributed by atoms with E-state index in [4.69, 9.17) is 9.47 Å². The van der Waals surface area contributed by atoms with Gasteiger partial charge in [-0.1, -0.05) is 27.7 Å². The van der Waals surface area contributed by atoms with E-state index in [0.29, 0.717) is 42.1 Å². The molecule has 1 rings (SSSR count). The molecule has 1 aromatic rings. The van der Waals surface area contributed by atoms with Gasteiger partial charge in [0.15, 0.2) is 11.5 Å². The average Bonchev–Trinajstić information content (AvgIpc) is 2.34. The van der Waals surface area contributed by atoms with Gasteiger partial charge in [0, 0.05) is 5.56 Å². The lowest BCUT2D eigenvalue weighted by atomic mass is 10.2. The minimum atomic E-state index is 0.433. The quantitative estimate of drug-likeness (QED) is 0.694. The van der Waals surface area contributed by atoms with E-state index in [-0.39, 0.29) is 0 Å². The summed E-state index contributed by atoms with van der Waals surface area (Å²) in [5.74, 6) is 2.24. The Morgan fingerprint density at radius 2 is 1.56 bits per heavy atom. The van der Waals surface area contributed by atoms with Crippen LogP contribution in [0, 0.1) is 11.8 Å². The molecule has 3 nitrogen and oxygen atoms in total. The van der Waals surface area contributed by atoms with E-state index in [1.807, 2.05) is 0 Å². The zero-order valence-electron chi connectivity index (χ0n) is 11.6. The van der Waals surface area contributed by atoms with Crippen LogP contribution in [-0.2, 0) is 0 Å². The van der Waals surface area contributed by atoms with Crippen molar-refractivity contribution >= 4 is 6.29 Å². The molecule has 0 aliphatic carbocycles. The van der Waals surface area contributed by atoms with Crippen LogP contribution in [0.3, 0.4) is 0 Å². The first-order chi connectivity index (χ1) is 8.52. The summed E-state index contributed by atoms with van der Waals surface area (Å²) in [6.07, 6.45) is 0.814. The van der Waals surface area contributed by atoms with E-state index in [9.17, 15) is 4.79 Å². The molecule has 0 N–H and O–H groups in total. The molecule has 0 unspecified atom stereocenters. The first-order valence-corrected chi connectivity index (χ1v) is 6.37. The third-order valence-electron chi connectivity index (χ3n) is 2.25. The van der Waals surface area contributed by atoms with Crippen LogP contribution in [0.15, 0.2) is 18.2 Å². The fraction of sp³-hybridized carbons (Fsp3) is 0.533. The highest BCUT2D eigenvalue weighted by Crippen LogP contribution is 2.28. The van der Waals surface area contributed by atoms with Gasteiger partial charge < -0.3 is 9.47 Å². The number of hydrogen-bond donors (Lipinski definition) is 0. The minimum Gasteiger partial charge on any atom is -0.489 e. The minimum absolute atomic E-state index is 0.433. The Bertz CT molecular complexity index is 383. The topological polar surface area (TPSA) is 35.5 Å². The summed E-state index contributed by atoms with van der Waals surface area (Å²) >= 11 is 0. The molecule has 0 aliphatic heterocycles. The Morgan fingerprint density at radius 3 is 2.06 bits per heavy atom. The number of benzene rings is 1. The predicted molar refractivity (Wildman–Crippen MR) is 72.5 cm³/mol. The van der Waals surface area contributed by atoms with Gasteiger partial charge in [-0.15, -0.1) is 0 Å². The molecule has 0 radical (unpaired) electrons. The number of ether oxygens (including phenoxy) is 2. The summed E-state index contributed by atoms with van der Waals surface area (Å²) in [5, 5.41) is 0. The number of hydrogen-bond acceptors (Lipinski definition) is 3. The molecule has 0 spiro atoms. The van der Waals surface area contributed by atoms with E-state index >= 15 is 0 Å². The van der Waals surface area contributed by atoms with Crippen molar-refractivity contribution in [2.24, 2.45) is 11.8 Å². The highest BCUT2D eigenvalue weighted by atomic mass is 16.5. The Morgan fingerprint density at radius 1 is 1.00 bits per heavy atom. The molecule has 0 amide bonds. The first kappa shape index (κ1) is 14.6. The normalized spacial score (nSPS) is 10.8. The van der Waals surface area contributed by atoms with Crippen molar-refractivity contribution in [3.8, 4) is 11.5 Å². The van der Waals surface area contributed by atoms with Gasteiger partial charge in [-0.2, -0.15) is 0 Å². The smallest absolute Gasteiger partial charge is 0.161 e. The Hall–Kier alpha value is -1.51. The summed E-state index contributed by atoms with van der Waals surface area (Å²) in [6.45, 7) is 9.60. The standard InChI is InChI=1S/C15H22O3/c1-11(2)9-17-14-6-5-13(8-16)7-15(14)18-10-12(3)4/h5-8,11-12H,9-10H2,1-4H3. The molecule has 0 saturated carbocycles. The SMILES string of the molecule is CC(C)COc1ccc(C=O)cc1OCC(C)C. The van der Waals surface area contributed by atoms with Gasteiger partial charge in [0.1, 0.15) is 6.29 Å². The zero-order valence-corrected chi connectivity index (χ0v) is 11.6. The van der Waals surface area contributed by atoms with Crippen molar-refractivity contribution in [2.45, 2.75) is 27.7 Å². The zero-order chi connectivity index (χ0) is 13.5. The van der Waals surface area contributed by atoms with Crippen molar-refractivity contribution in [2.75, 3.05) is 13.2 Å². The van der Waals surface area contributed by atoms with Crippen molar-refractivity contribution in [3.63, 3.8) is 0 Å². The maximum Gasteiger partial charge on any atom is 0.161 e. The van der Waals surface area contributed by atoms with Crippen molar-refractivity contribution in [1.82, 2.24) is 0 Å². The van der Waals surface area contributed by atoms with E-state index in [2.05, 4.69) is 27.7 Å². The second-order valence-corrected chi connectivity index (χ2v) is 5.23. The molecule has 18 heavy (non-hydrogen) atoms. The second kappa shape index (κ2) is 7.04. The van der Waals surface area contributed by atoms with Crippen LogP contribution < -0.4 is 9.47 Å². The number of carbonyl (C=O) groups excluding carboxylic acids is 1. The maximum absolute atomic E-state index is 10.8. The molecule has 3 heteroatoms. The van der Waals surface area contributed by atoms with Crippen LogP contribution in [-0.4, -0.2) is 19.5 Å². The largest absolute Gasteiger partial charge is 0.489 e. The molecule has 0 heterocycles. The molecule has 0 fully saturated rings. The van der Waals surface area contributed by atoms with Gasteiger partial charge >= 0.3 is 0 Å². The maximum atomic E-state index is 10.8. The molecule has 0 aliphatic rings. The van der Waals surface area contributed by atoms with Crippen molar-refractivity contribution < 1.29 is 14.3 Å². The highest BCUT2D eigenvalue weighted by Gasteiger charge is 2.08. The molecule has 100 valence electrons. The average molecular weight is 250 g/mol. The van der Waals surface area contributed by atoms with E-state index in [1.54, 1.807) is 18.2 Å². The van der Waals surface area contributed by atoms with Crippen LogP contribution in [0.25, 0.3) is 0 Å². The van der Waals surface area contributed by atoms with Crippen LogP contribution in [0.1, 0.15) is 38.1 Å². The predicted octanol–water partition coefficient (Wildman–Crippen LogP) is 3.57. The van der Waals surface area contributed by atoms with Gasteiger partial charge in [0.25, 0.3) is 0 Å². The second-order valence-electron chi connectivity index (χ2n) is 5.23. The van der Waals surface area contributed by atoms with Gasteiger partial charge in [-0.25, -0.2) is 0 Å². The molecular weight excluding hydrogens is 228 g/mol. The molecule has 1 aromatic carbocycles. The summed E-state index contributed by atoms with van der Waals surface area (Å²) in [6, 6.07) is 5.26. The molecule has 0 saturated heterocycles. The molecule has 0 bridgehead atoms. The fourth-order valence-corrected chi connectivity index (χ4v) is 1.34. The Labute approximate surface area is 109 Å². The monoisotopic (exact) mass is 250 g/mol. The van der Waals surface area contributed by atoms with E-state index in [1.165, 1.54) is 0 Å². The van der Waals surface area contributed by atoms with Gasteiger partial charge in [0.2, 0.25) is 0 Å². The number of carbonyl (C=O) groups is 1. The fourth-order valence-electron chi connectivity index (χ4n) is 1.34. The lowest BCUT2D eigenvalue weighted by molar-refractivity contribution is 0.112. The number of rotatable bonds is 7. The lowest BCUT2D eigenvalue weighted by Gasteiger charge is -2.15. The van der Waals surface area contributed by atoms with E-state index in [0.717, 1.165) is 6.29 Å². The van der Waals surface area contributed by atoms with Gasteiger partial charge in [-0.3, -0.25) is 4.79 Å². The summed E-state index contributed by atoms with van der Waals surface area (Å²) in [4.78, 5) is 10.8.